The van der Waals surface area contributed by atoms with Crippen molar-refractivity contribution < 1.29 is 4.57 Å². The van der Waals surface area contributed by atoms with Gasteiger partial charge in [-0.05, 0) is 117 Å². The van der Waals surface area contributed by atoms with E-state index in [-0.39, 0.29) is 10.8 Å². The van der Waals surface area contributed by atoms with Crippen molar-refractivity contribution in [3.05, 3.63) is 319 Å². The van der Waals surface area contributed by atoms with Crippen LogP contribution in [0.1, 0.15) is 47.2 Å². The number of nitrogens with zero attached hydrogens (tertiary/aromatic N) is 6. The number of hydrogen-bond donors (Lipinski definition) is 0. The van der Waals surface area contributed by atoms with Gasteiger partial charge in [0.1, 0.15) is 6.33 Å². The van der Waals surface area contributed by atoms with E-state index < -0.39 is 7.14 Å². The largest absolute Gasteiger partial charge is 0.309 e. The fraction of sp³-hybridized carbons (Fsp3) is 0.0500. The van der Waals surface area contributed by atoms with Gasteiger partial charge < -0.3 is 4.57 Å². The predicted octanol–water partition coefficient (Wildman–Crippen LogP) is 17.6. The quantitative estimate of drug-likeness (QED) is 0.155. The lowest BCUT2D eigenvalue weighted by atomic mass is 9.70. The van der Waals surface area contributed by atoms with Crippen LogP contribution in [0.3, 0.4) is 0 Å². The molecule has 0 saturated carbocycles. The van der Waals surface area contributed by atoms with Crippen molar-refractivity contribution in [3.8, 4) is 67.0 Å². The minimum Gasteiger partial charge on any atom is -0.309 e. The van der Waals surface area contributed by atoms with E-state index in [2.05, 4.69) is 225 Å². The van der Waals surface area contributed by atoms with Gasteiger partial charge in [-0.3, -0.25) is 0 Å². The summed E-state index contributed by atoms with van der Waals surface area (Å²) in [7, 11) is -3.00. The fourth-order valence-corrected chi connectivity index (χ4v) is 18.0. The van der Waals surface area contributed by atoms with E-state index in [1.807, 2.05) is 81.8 Å². The number of hydrogen-bond acceptors (Lipinski definition) is 5. The van der Waals surface area contributed by atoms with Crippen LogP contribution < -0.4 is 15.9 Å². The van der Waals surface area contributed by atoms with E-state index in [1.165, 1.54) is 110 Å². The van der Waals surface area contributed by atoms with Crippen LogP contribution in [0.5, 0.6) is 0 Å². The maximum absolute atomic E-state index is 14.7. The zero-order valence-electron chi connectivity index (χ0n) is 48.2. The average molecular weight is 1150 g/mol. The maximum Gasteiger partial charge on any atom is 0.182 e. The Kier molecular flexibility index (Phi) is 10.8. The van der Waals surface area contributed by atoms with E-state index >= 15 is 0 Å². The Hall–Kier alpha value is -10.9. The highest BCUT2D eigenvalue weighted by Gasteiger charge is 2.52. The van der Waals surface area contributed by atoms with Gasteiger partial charge in [0.2, 0.25) is 0 Å². The molecule has 19 rings (SSSR count). The number of fused-ring (bicyclic) bond motifs is 19. The van der Waals surface area contributed by atoms with Crippen LogP contribution in [0, 0.1) is 0 Å². The van der Waals surface area contributed by atoms with Crippen LogP contribution in [0.4, 0.5) is 0 Å². The molecule has 4 heterocycles. The summed E-state index contributed by atoms with van der Waals surface area (Å²) in [6.07, 6.45) is 5.97. The molecule has 0 N–H and O–H groups in total. The van der Waals surface area contributed by atoms with Crippen molar-refractivity contribution in [1.82, 2.24) is 29.2 Å². The van der Waals surface area contributed by atoms with E-state index in [1.54, 1.807) is 6.33 Å². The second-order valence-corrected chi connectivity index (χ2v) is 26.9. The summed E-state index contributed by atoms with van der Waals surface area (Å²) in [4.78, 5) is 9.66. The summed E-state index contributed by atoms with van der Waals surface area (Å²) in [6.45, 7) is 4.63. The van der Waals surface area contributed by atoms with E-state index in [9.17, 15) is 4.57 Å². The van der Waals surface area contributed by atoms with Gasteiger partial charge in [0.15, 0.2) is 24.3 Å². The Morgan fingerprint density at radius 3 is 1.53 bits per heavy atom. The molecular weight excluding hydrogens is 1090 g/mol. The Morgan fingerprint density at radius 1 is 0.398 bits per heavy atom. The first-order chi connectivity index (χ1) is 43.3. The van der Waals surface area contributed by atoms with E-state index in [0.717, 1.165) is 43.9 Å². The molecule has 1 spiro atoms. The highest BCUT2D eigenvalue weighted by atomic mass is 31.2. The van der Waals surface area contributed by atoms with Crippen LogP contribution in [-0.4, -0.2) is 29.2 Å². The third kappa shape index (κ3) is 7.05. The summed E-state index contributed by atoms with van der Waals surface area (Å²) in [6, 6.07) is 94.1. The van der Waals surface area contributed by atoms with Crippen molar-refractivity contribution in [3.63, 3.8) is 0 Å². The highest BCUT2D eigenvalue weighted by molar-refractivity contribution is 7.85. The molecule has 8 heteroatoms. The number of pyridine rings is 2. The van der Waals surface area contributed by atoms with Crippen LogP contribution in [-0.2, 0) is 15.4 Å². The van der Waals surface area contributed by atoms with Gasteiger partial charge in [0.05, 0.1) is 5.41 Å². The van der Waals surface area contributed by atoms with Gasteiger partial charge in [-0.15, -0.1) is 5.10 Å². The molecule has 7 nitrogen and oxygen atoms in total. The minimum absolute atomic E-state index is 0.187. The van der Waals surface area contributed by atoms with Crippen LogP contribution in [0.15, 0.2) is 286 Å². The van der Waals surface area contributed by atoms with Crippen molar-refractivity contribution in [2.24, 2.45) is 0 Å². The summed E-state index contributed by atoms with van der Waals surface area (Å²) < 4.78 is 18.6. The molecular formula is C80H53N6OP. The average Bonchev–Trinajstić information content (AvgIpc) is 1.64. The first-order valence-corrected chi connectivity index (χ1v) is 31.7. The van der Waals surface area contributed by atoms with Crippen LogP contribution in [0.25, 0.3) is 111 Å². The first-order valence-electron chi connectivity index (χ1n) is 30.0. The molecule has 3 aliphatic carbocycles. The molecule has 0 unspecified atom stereocenters. The van der Waals surface area contributed by atoms with Gasteiger partial charge in [0, 0.05) is 55.8 Å². The molecule has 0 radical (unpaired) electrons. The normalized spacial score (nSPS) is 13.8. The van der Waals surface area contributed by atoms with Gasteiger partial charge in [-0.25, -0.2) is 19.0 Å². The zero-order chi connectivity index (χ0) is 58.5. The lowest BCUT2D eigenvalue weighted by Crippen LogP contribution is -2.25. The second-order valence-electron chi connectivity index (χ2n) is 24.1. The second kappa shape index (κ2) is 18.8. The van der Waals surface area contributed by atoms with Crippen LogP contribution in [0.2, 0.25) is 0 Å². The summed E-state index contributed by atoms with van der Waals surface area (Å²) in [5.74, 6) is 0.693. The predicted molar refractivity (Wildman–Crippen MR) is 359 cm³/mol. The van der Waals surface area contributed by atoms with E-state index in [0.29, 0.717) is 5.82 Å². The van der Waals surface area contributed by atoms with Crippen molar-refractivity contribution >= 4 is 66.7 Å². The smallest absolute Gasteiger partial charge is 0.182 e. The molecule has 0 amide bonds. The number of rotatable bonds is 6. The monoisotopic (exact) mass is 1140 g/mol. The maximum atomic E-state index is 14.7. The van der Waals surface area contributed by atoms with E-state index in [4.69, 9.17) is 15.1 Å². The molecule has 414 valence electrons. The highest BCUT2D eigenvalue weighted by Crippen LogP contribution is 2.64. The topological polar surface area (TPSA) is 77.5 Å². The Labute approximate surface area is 508 Å². The molecule has 12 aromatic carbocycles. The van der Waals surface area contributed by atoms with Crippen molar-refractivity contribution in [2.75, 3.05) is 0 Å². The fourth-order valence-electron chi connectivity index (χ4n) is 15.4. The summed E-state index contributed by atoms with van der Waals surface area (Å²) in [5.41, 5.74) is 22.6. The molecule has 0 bridgehead atoms. The van der Waals surface area contributed by atoms with Crippen molar-refractivity contribution in [2.45, 2.75) is 24.7 Å². The molecule has 3 aliphatic rings. The summed E-state index contributed by atoms with van der Waals surface area (Å²) in [5, 5.41) is 19.4. The first kappa shape index (κ1) is 50.5. The Morgan fingerprint density at radius 2 is 0.909 bits per heavy atom. The standard InChI is InChI=1S/C40H26N3OP.C40H27N3/c44-45(31-11-3-1-4-12-31,32-13-5-2-6-14-32)33-23-21-28(22-24-33)27-17-19-30(20-18-27)40-41-38-25-36-34-15-7-9-29-10-8-16-35(39(29)34)37(36)26-43(38)42-40;1-39(2)31-15-7-6-14-29(31)36-30(22-43-38(37(36)39)41-23-42-43)24-19-20-28-27-13-5-10-18-34(27)40(35(28)21-24)32-16-8-3-11-25(32)26-12-4-9-17-33(26)40/h1-26H;3-23H,1-2H3. The molecule has 16 aromatic rings. The number of aromatic nitrogens is 6. The van der Waals surface area contributed by atoms with Gasteiger partial charge >= 0.3 is 0 Å². The SMILES string of the molecule is CC1(C)c2ccccc2-c2c(-c3ccc4c(c3)C3(c5ccccc5-c5ccccc53)c3ccccc3-4)cn3ncnc3c21.O=P(c1ccccc1)(c1ccccc1)c1ccc(-c2ccc(-c3nc4cc5c(cn4n3)c3cccc4cccc5c43)cc2)cc1. The minimum atomic E-state index is -3.00. The number of benzene rings is 11. The molecule has 0 aliphatic heterocycles. The van der Waals surface area contributed by atoms with Gasteiger partial charge in [-0.2, -0.15) is 5.10 Å². The van der Waals surface area contributed by atoms with Crippen LogP contribution >= 0.6 is 7.14 Å². The molecule has 88 heavy (non-hydrogen) atoms. The summed E-state index contributed by atoms with van der Waals surface area (Å²) >= 11 is 0. The van der Waals surface area contributed by atoms with Crippen molar-refractivity contribution in [1.29, 1.82) is 0 Å². The van der Waals surface area contributed by atoms with Gasteiger partial charge in [0.25, 0.3) is 0 Å². The molecule has 4 aromatic heterocycles. The molecule has 0 atom stereocenters. The molecule has 0 fully saturated rings. The molecule has 0 saturated heterocycles. The third-order valence-electron chi connectivity index (χ3n) is 19.3. The lowest BCUT2D eigenvalue weighted by molar-refractivity contribution is 0.592. The zero-order valence-corrected chi connectivity index (χ0v) is 49.1. The third-order valence-corrected chi connectivity index (χ3v) is 22.4. The lowest BCUT2D eigenvalue weighted by Gasteiger charge is -2.30. The Balaban J connectivity index is 0.000000132. The Bertz CT molecular complexity index is 5380. The van der Waals surface area contributed by atoms with Gasteiger partial charge in [-0.1, -0.05) is 269 Å².